The first-order valence-corrected chi connectivity index (χ1v) is 9.67. The quantitative estimate of drug-likeness (QED) is 0.866. The number of hydrogen-bond donors (Lipinski definition) is 1. The van der Waals surface area contributed by atoms with Gasteiger partial charge in [0.25, 0.3) is 0 Å². The lowest BCUT2D eigenvalue weighted by molar-refractivity contribution is -0.121. The van der Waals surface area contributed by atoms with Crippen LogP contribution in [0, 0.1) is 5.92 Å². The molecule has 1 atom stereocenters. The summed E-state index contributed by atoms with van der Waals surface area (Å²) < 4.78 is 5.40. The highest BCUT2D eigenvalue weighted by Gasteiger charge is 2.31. The summed E-state index contributed by atoms with van der Waals surface area (Å²) in [5, 5.41) is 12.0. The molecule has 3 heterocycles. The first kappa shape index (κ1) is 19.2. The van der Waals surface area contributed by atoms with Gasteiger partial charge in [0, 0.05) is 19.3 Å². The SMILES string of the molecule is CC(C)(C)OC(=O)N1CCCC(C(=O)Nc2nnc(-c3ccccn3)s2)C1. The third kappa shape index (κ3) is 5.22. The van der Waals surface area contributed by atoms with Crippen LogP contribution in [0.3, 0.4) is 0 Å². The molecule has 1 aliphatic rings. The van der Waals surface area contributed by atoms with Crippen LogP contribution in [0.5, 0.6) is 0 Å². The van der Waals surface area contributed by atoms with Crippen molar-refractivity contribution in [2.45, 2.75) is 39.2 Å². The van der Waals surface area contributed by atoms with Gasteiger partial charge < -0.3 is 15.0 Å². The second-order valence-corrected chi connectivity index (χ2v) is 8.36. The van der Waals surface area contributed by atoms with Gasteiger partial charge in [-0.2, -0.15) is 0 Å². The molecule has 0 saturated carbocycles. The van der Waals surface area contributed by atoms with Crippen LogP contribution in [0.4, 0.5) is 9.93 Å². The number of amides is 2. The lowest BCUT2D eigenvalue weighted by Crippen LogP contribution is -2.45. The van der Waals surface area contributed by atoms with Gasteiger partial charge in [0.05, 0.1) is 5.92 Å². The number of rotatable bonds is 3. The van der Waals surface area contributed by atoms with E-state index < -0.39 is 5.60 Å². The van der Waals surface area contributed by atoms with E-state index in [1.807, 2.05) is 39.0 Å². The minimum absolute atomic E-state index is 0.160. The van der Waals surface area contributed by atoms with Crippen molar-refractivity contribution in [2.24, 2.45) is 5.92 Å². The fourth-order valence-corrected chi connectivity index (χ4v) is 3.48. The number of carbonyl (C=O) groups excluding carboxylic acids is 2. The summed E-state index contributed by atoms with van der Waals surface area (Å²) in [6, 6.07) is 5.54. The Kier molecular flexibility index (Phi) is 5.69. The Bertz CT molecular complexity index is 803. The number of nitrogens with zero attached hydrogens (tertiary/aromatic N) is 4. The minimum atomic E-state index is -0.555. The lowest BCUT2D eigenvalue weighted by Gasteiger charge is -2.33. The Morgan fingerprint density at radius 2 is 2.11 bits per heavy atom. The lowest BCUT2D eigenvalue weighted by atomic mass is 9.97. The van der Waals surface area contributed by atoms with E-state index in [4.69, 9.17) is 4.74 Å². The average molecular weight is 389 g/mol. The molecular weight excluding hydrogens is 366 g/mol. The highest BCUT2D eigenvalue weighted by Crippen LogP contribution is 2.26. The fourth-order valence-electron chi connectivity index (χ4n) is 2.76. The molecule has 1 unspecified atom stereocenters. The topological polar surface area (TPSA) is 97.3 Å². The van der Waals surface area contributed by atoms with Gasteiger partial charge in [-0.15, -0.1) is 10.2 Å². The number of likely N-dealkylation sites (tertiary alicyclic amines) is 1. The highest BCUT2D eigenvalue weighted by molar-refractivity contribution is 7.18. The van der Waals surface area contributed by atoms with Crippen molar-refractivity contribution < 1.29 is 14.3 Å². The van der Waals surface area contributed by atoms with Crippen molar-refractivity contribution in [2.75, 3.05) is 18.4 Å². The van der Waals surface area contributed by atoms with Crippen molar-refractivity contribution in [1.82, 2.24) is 20.1 Å². The van der Waals surface area contributed by atoms with E-state index in [0.29, 0.717) is 28.9 Å². The van der Waals surface area contributed by atoms with Gasteiger partial charge in [0.2, 0.25) is 11.0 Å². The maximum Gasteiger partial charge on any atom is 0.410 e. The molecule has 8 nitrogen and oxygen atoms in total. The monoisotopic (exact) mass is 389 g/mol. The van der Waals surface area contributed by atoms with Crippen LogP contribution >= 0.6 is 11.3 Å². The van der Waals surface area contributed by atoms with E-state index in [1.165, 1.54) is 11.3 Å². The van der Waals surface area contributed by atoms with Crippen LogP contribution in [-0.2, 0) is 9.53 Å². The third-order valence-electron chi connectivity index (χ3n) is 3.98. The molecule has 1 fully saturated rings. The maximum atomic E-state index is 12.6. The van der Waals surface area contributed by atoms with Gasteiger partial charge in [0.15, 0.2) is 5.01 Å². The van der Waals surface area contributed by atoms with Gasteiger partial charge in [-0.1, -0.05) is 17.4 Å². The molecule has 2 amide bonds. The molecule has 0 bridgehead atoms. The van der Waals surface area contributed by atoms with Gasteiger partial charge in [-0.25, -0.2) is 4.79 Å². The minimum Gasteiger partial charge on any atom is -0.444 e. The molecule has 9 heteroatoms. The number of aromatic nitrogens is 3. The van der Waals surface area contributed by atoms with E-state index in [2.05, 4.69) is 20.5 Å². The average Bonchev–Trinajstić information content (AvgIpc) is 3.09. The van der Waals surface area contributed by atoms with E-state index >= 15 is 0 Å². The number of piperidine rings is 1. The largest absolute Gasteiger partial charge is 0.444 e. The van der Waals surface area contributed by atoms with Crippen molar-refractivity contribution in [3.05, 3.63) is 24.4 Å². The number of nitrogens with one attached hydrogen (secondary N) is 1. The molecule has 27 heavy (non-hydrogen) atoms. The second kappa shape index (κ2) is 7.99. The van der Waals surface area contributed by atoms with Crippen LogP contribution in [-0.4, -0.2) is 50.8 Å². The number of pyridine rings is 1. The smallest absolute Gasteiger partial charge is 0.410 e. The first-order chi connectivity index (χ1) is 12.8. The first-order valence-electron chi connectivity index (χ1n) is 8.85. The van der Waals surface area contributed by atoms with Gasteiger partial charge in [-0.3, -0.25) is 9.78 Å². The number of anilines is 1. The summed E-state index contributed by atoms with van der Waals surface area (Å²) in [5.74, 6) is -0.458. The molecule has 1 N–H and O–H groups in total. The molecule has 0 aromatic carbocycles. The van der Waals surface area contributed by atoms with Gasteiger partial charge in [0.1, 0.15) is 11.3 Å². The number of ether oxygens (including phenoxy) is 1. The summed E-state index contributed by atoms with van der Waals surface area (Å²) in [7, 11) is 0. The molecule has 144 valence electrons. The van der Waals surface area contributed by atoms with Crippen LogP contribution in [0.1, 0.15) is 33.6 Å². The Hall–Kier alpha value is -2.55. The predicted molar refractivity (Wildman–Crippen MR) is 102 cm³/mol. The Morgan fingerprint density at radius 1 is 1.30 bits per heavy atom. The third-order valence-corrected chi connectivity index (χ3v) is 4.84. The molecule has 1 aliphatic heterocycles. The molecule has 3 rings (SSSR count). The second-order valence-electron chi connectivity index (χ2n) is 7.38. The Labute approximate surface area is 162 Å². The zero-order chi connectivity index (χ0) is 19.4. The zero-order valence-electron chi connectivity index (χ0n) is 15.6. The molecule has 0 aliphatic carbocycles. The predicted octanol–water partition coefficient (Wildman–Crippen LogP) is 3.19. The highest BCUT2D eigenvalue weighted by atomic mass is 32.1. The van der Waals surface area contributed by atoms with Gasteiger partial charge >= 0.3 is 6.09 Å². The normalized spacial score (nSPS) is 17.4. The Balaban J connectivity index is 1.59. The van der Waals surface area contributed by atoms with E-state index in [9.17, 15) is 9.59 Å². The van der Waals surface area contributed by atoms with E-state index in [0.717, 1.165) is 12.8 Å². The van der Waals surface area contributed by atoms with E-state index in [-0.39, 0.29) is 17.9 Å². The van der Waals surface area contributed by atoms with Crippen molar-refractivity contribution in [3.63, 3.8) is 0 Å². The Morgan fingerprint density at radius 3 is 2.81 bits per heavy atom. The summed E-state index contributed by atoms with van der Waals surface area (Å²) in [6.45, 7) is 6.42. The van der Waals surface area contributed by atoms with Crippen molar-refractivity contribution in [3.8, 4) is 10.7 Å². The fraction of sp³-hybridized carbons (Fsp3) is 0.500. The molecule has 1 saturated heterocycles. The maximum absolute atomic E-state index is 12.6. The van der Waals surface area contributed by atoms with Gasteiger partial charge in [-0.05, 0) is 45.7 Å². The summed E-state index contributed by atoms with van der Waals surface area (Å²) in [4.78, 5) is 30.7. The number of carbonyl (C=O) groups is 2. The van der Waals surface area contributed by atoms with Crippen LogP contribution < -0.4 is 5.32 Å². The van der Waals surface area contributed by atoms with Crippen LogP contribution in [0.2, 0.25) is 0 Å². The standard InChI is InChI=1S/C18H23N5O3S/c1-18(2,3)26-17(25)23-10-6-7-12(11-23)14(24)20-16-22-21-15(27-16)13-8-4-5-9-19-13/h4-5,8-9,12H,6-7,10-11H2,1-3H3,(H,20,22,24). The van der Waals surface area contributed by atoms with Crippen LogP contribution in [0.25, 0.3) is 10.7 Å². The molecular formula is C18H23N5O3S. The molecule has 0 spiro atoms. The van der Waals surface area contributed by atoms with E-state index in [1.54, 1.807) is 11.1 Å². The van der Waals surface area contributed by atoms with Crippen LogP contribution in [0.15, 0.2) is 24.4 Å². The number of hydrogen-bond acceptors (Lipinski definition) is 7. The van der Waals surface area contributed by atoms with Crippen molar-refractivity contribution in [1.29, 1.82) is 0 Å². The molecule has 0 radical (unpaired) electrons. The summed E-state index contributed by atoms with van der Waals surface area (Å²) in [6.07, 6.45) is 2.78. The molecule has 2 aromatic rings. The summed E-state index contributed by atoms with van der Waals surface area (Å²) >= 11 is 1.27. The zero-order valence-corrected chi connectivity index (χ0v) is 16.5. The van der Waals surface area contributed by atoms with Crippen molar-refractivity contribution >= 4 is 28.5 Å². The molecule has 2 aromatic heterocycles. The summed E-state index contributed by atoms with van der Waals surface area (Å²) in [5.41, 5.74) is 0.157.